The molecule has 3 rings (SSSR count). The summed E-state index contributed by atoms with van der Waals surface area (Å²) in [6.07, 6.45) is -2.45. The summed E-state index contributed by atoms with van der Waals surface area (Å²) in [6, 6.07) is 7.29. The summed E-state index contributed by atoms with van der Waals surface area (Å²) in [4.78, 5) is 1.68. The Morgan fingerprint density at radius 3 is 2.48 bits per heavy atom. The van der Waals surface area contributed by atoms with Gasteiger partial charge in [0.25, 0.3) is 10.0 Å². The molecule has 0 spiro atoms. The fourth-order valence-corrected chi connectivity index (χ4v) is 4.74. The van der Waals surface area contributed by atoms with Crippen LogP contribution in [0.4, 0.5) is 18.9 Å². The number of hydrogen-bond donors (Lipinski definition) is 1. The number of fused-ring (bicyclic) bond motifs is 1. The summed E-state index contributed by atoms with van der Waals surface area (Å²) in [5, 5.41) is 0. The molecule has 2 aromatic carbocycles. The topological polar surface area (TPSA) is 58.6 Å². The molecule has 0 heterocycles. The van der Waals surface area contributed by atoms with Crippen LogP contribution in [0.2, 0.25) is 0 Å². The van der Waals surface area contributed by atoms with Gasteiger partial charge in [-0.05, 0) is 69.3 Å². The number of alkyl halides is 3. The van der Waals surface area contributed by atoms with Crippen molar-refractivity contribution in [2.24, 2.45) is 0 Å². The predicted molar refractivity (Wildman–Crippen MR) is 105 cm³/mol. The molecule has 0 radical (unpaired) electrons. The molecule has 1 N–H and O–H groups in total. The maximum Gasteiger partial charge on any atom is 0.416 e. The Kier molecular flexibility index (Phi) is 5.82. The molecule has 9 heteroatoms. The van der Waals surface area contributed by atoms with E-state index >= 15 is 0 Å². The molecular formula is C20H23F3N2O3S. The summed E-state index contributed by atoms with van der Waals surface area (Å²) < 4.78 is 72.3. The van der Waals surface area contributed by atoms with Crippen LogP contribution in [0, 0.1) is 0 Å². The molecule has 0 aliphatic heterocycles. The fourth-order valence-electron chi connectivity index (χ4n) is 3.60. The van der Waals surface area contributed by atoms with Crippen LogP contribution in [-0.4, -0.2) is 40.6 Å². The number of benzene rings is 2. The third-order valence-electron chi connectivity index (χ3n) is 5.22. The van der Waals surface area contributed by atoms with E-state index < -0.39 is 26.7 Å². The van der Waals surface area contributed by atoms with Gasteiger partial charge in [0.15, 0.2) is 0 Å². The molecule has 0 amide bonds. The van der Waals surface area contributed by atoms with Gasteiger partial charge in [-0.2, -0.15) is 13.2 Å². The Bertz CT molecular complexity index is 1000. The van der Waals surface area contributed by atoms with Gasteiger partial charge in [-0.25, -0.2) is 8.42 Å². The number of nitrogens with zero attached hydrogens (tertiary/aromatic N) is 1. The quantitative estimate of drug-likeness (QED) is 0.784. The van der Waals surface area contributed by atoms with Crippen molar-refractivity contribution in [1.82, 2.24) is 4.90 Å². The molecule has 29 heavy (non-hydrogen) atoms. The van der Waals surface area contributed by atoms with E-state index in [1.165, 1.54) is 0 Å². The van der Waals surface area contributed by atoms with Gasteiger partial charge >= 0.3 is 6.18 Å². The maximum absolute atomic E-state index is 13.0. The van der Waals surface area contributed by atoms with Crippen molar-refractivity contribution in [2.75, 3.05) is 25.9 Å². The molecule has 5 nitrogen and oxygen atoms in total. The van der Waals surface area contributed by atoms with Gasteiger partial charge in [0.2, 0.25) is 0 Å². The molecule has 1 atom stereocenters. The molecule has 0 saturated heterocycles. The Morgan fingerprint density at radius 2 is 1.86 bits per heavy atom. The average molecular weight is 428 g/mol. The number of rotatable bonds is 5. The Hall–Kier alpha value is -2.26. The van der Waals surface area contributed by atoms with Crippen LogP contribution in [0.1, 0.15) is 23.1 Å². The first-order valence-electron chi connectivity index (χ1n) is 9.08. The molecule has 158 valence electrons. The second kappa shape index (κ2) is 7.87. The van der Waals surface area contributed by atoms with Gasteiger partial charge < -0.3 is 9.64 Å². The first-order valence-corrected chi connectivity index (χ1v) is 10.6. The van der Waals surface area contributed by atoms with Crippen LogP contribution >= 0.6 is 0 Å². The highest BCUT2D eigenvalue weighted by molar-refractivity contribution is 7.92. The van der Waals surface area contributed by atoms with Gasteiger partial charge in [0.05, 0.1) is 23.3 Å². The highest BCUT2D eigenvalue weighted by Gasteiger charge is 2.32. The lowest BCUT2D eigenvalue weighted by atomic mass is 9.86. The van der Waals surface area contributed by atoms with Crippen LogP contribution in [0.15, 0.2) is 41.3 Å². The number of sulfonamides is 1. The minimum atomic E-state index is -4.62. The van der Waals surface area contributed by atoms with E-state index in [0.717, 1.165) is 35.7 Å². The third-order valence-corrected chi connectivity index (χ3v) is 6.58. The molecule has 2 aromatic rings. The summed E-state index contributed by atoms with van der Waals surface area (Å²) in [7, 11) is 1.35. The van der Waals surface area contributed by atoms with Crippen molar-refractivity contribution in [3.8, 4) is 5.75 Å². The highest BCUT2D eigenvalue weighted by Crippen LogP contribution is 2.37. The maximum atomic E-state index is 13.0. The number of nitrogens with one attached hydrogen (secondary N) is 1. The minimum Gasteiger partial charge on any atom is -0.496 e. The Morgan fingerprint density at radius 1 is 1.14 bits per heavy atom. The van der Waals surface area contributed by atoms with Crippen LogP contribution in [-0.2, 0) is 29.0 Å². The normalized spacial score (nSPS) is 17.1. The first kappa shape index (κ1) is 21.4. The molecule has 0 aromatic heterocycles. The molecule has 0 fully saturated rings. The van der Waals surface area contributed by atoms with Crippen LogP contribution in [0.25, 0.3) is 0 Å². The molecule has 0 saturated carbocycles. The van der Waals surface area contributed by atoms with E-state index in [4.69, 9.17) is 4.74 Å². The van der Waals surface area contributed by atoms with Crippen LogP contribution < -0.4 is 9.46 Å². The molecule has 0 bridgehead atoms. The smallest absolute Gasteiger partial charge is 0.416 e. The molecule has 1 aliphatic carbocycles. The zero-order valence-electron chi connectivity index (χ0n) is 16.4. The van der Waals surface area contributed by atoms with Gasteiger partial charge in [-0.3, -0.25) is 4.72 Å². The standard InChI is InChI=1S/C20H23F3N2O3S/c1-25(2)14-7-8-16-17(12-14)19(28-3)10-9-18(16)24-29(26,27)15-6-4-5-13(11-15)20(21,22)23/h4-6,9-11,14,24H,7-8,12H2,1-3H3. The molecular weight excluding hydrogens is 405 g/mol. The van der Waals surface area contributed by atoms with Crippen molar-refractivity contribution in [3.63, 3.8) is 0 Å². The van der Waals surface area contributed by atoms with Crippen LogP contribution in [0.5, 0.6) is 5.75 Å². The fraction of sp³-hybridized carbons (Fsp3) is 0.400. The number of methoxy groups -OCH3 is 1. The van der Waals surface area contributed by atoms with E-state index in [0.29, 0.717) is 36.4 Å². The second-order valence-corrected chi connectivity index (χ2v) is 8.95. The van der Waals surface area contributed by atoms with Crippen molar-refractivity contribution in [1.29, 1.82) is 0 Å². The van der Waals surface area contributed by atoms with E-state index in [9.17, 15) is 21.6 Å². The summed E-state index contributed by atoms with van der Waals surface area (Å²) >= 11 is 0. The largest absolute Gasteiger partial charge is 0.496 e. The Labute approximate surface area is 168 Å². The number of anilines is 1. The van der Waals surface area contributed by atoms with Crippen molar-refractivity contribution in [2.45, 2.75) is 36.4 Å². The third kappa shape index (κ3) is 4.51. The molecule has 1 unspecified atom stereocenters. The van der Waals surface area contributed by atoms with Gasteiger partial charge in [-0.15, -0.1) is 0 Å². The van der Waals surface area contributed by atoms with Gasteiger partial charge in [0.1, 0.15) is 5.75 Å². The van der Waals surface area contributed by atoms with Crippen LogP contribution in [0.3, 0.4) is 0 Å². The van der Waals surface area contributed by atoms with Crippen molar-refractivity contribution >= 4 is 15.7 Å². The Balaban J connectivity index is 1.98. The number of hydrogen-bond acceptors (Lipinski definition) is 4. The lowest BCUT2D eigenvalue weighted by Gasteiger charge is -2.32. The van der Waals surface area contributed by atoms with E-state index in [-0.39, 0.29) is 0 Å². The van der Waals surface area contributed by atoms with E-state index in [1.807, 2.05) is 14.1 Å². The number of halogens is 3. The van der Waals surface area contributed by atoms with Crippen molar-refractivity contribution in [3.05, 3.63) is 53.1 Å². The van der Waals surface area contributed by atoms with Crippen molar-refractivity contribution < 1.29 is 26.3 Å². The summed E-state index contributed by atoms with van der Waals surface area (Å²) in [5.74, 6) is 0.675. The monoisotopic (exact) mass is 428 g/mol. The second-order valence-electron chi connectivity index (χ2n) is 7.26. The summed E-state index contributed by atoms with van der Waals surface area (Å²) in [5.41, 5.74) is 1.10. The summed E-state index contributed by atoms with van der Waals surface area (Å²) in [6.45, 7) is 0. The average Bonchev–Trinajstić information content (AvgIpc) is 2.67. The van der Waals surface area contributed by atoms with E-state index in [2.05, 4.69) is 9.62 Å². The van der Waals surface area contributed by atoms with Gasteiger partial charge in [0, 0.05) is 11.6 Å². The number of ether oxygens (including phenoxy) is 1. The van der Waals surface area contributed by atoms with E-state index in [1.54, 1.807) is 19.2 Å². The minimum absolute atomic E-state index is 0.298. The lowest BCUT2D eigenvalue weighted by Crippen LogP contribution is -2.34. The zero-order chi connectivity index (χ0) is 21.4. The van der Waals surface area contributed by atoms with Gasteiger partial charge in [-0.1, -0.05) is 6.07 Å². The SMILES string of the molecule is COc1ccc(NS(=O)(=O)c2cccc(C(F)(F)F)c2)c2c1CC(N(C)C)CC2. The highest BCUT2D eigenvalue weighted by atomic mass is 32.2. The molecule has 1 aliphatic rings. The lowest BCUT2D eigenvalue weighted by molar-refractivity contribution is -0.137. The predicted octanol–water partition coefficient (Wildman–Crippen LogP) is 3.93. The zero-order valence-corrected chi connectivity index (χ0v) is 17.2. The first-order chi connectivity index (χ1) is 13.5. The number of likely N-dealkylation sites (N-methyl/N-ethyl adjacent to an activating group) is 1.